The van der Waals surface area contributed by atoms with Crippen LogP contribution in [0.5, 0.6) is 17.2 Å². The molecule has 7 heteroatoms. The fraction of sp³-hybridized carbons (Fsp3) is 0.471. The molecular weight excluding hydrogens is 519 g/mol. The first-order valence-corrected chi connectivity index (χ1v) is 14.6. The minimum Gasteiger partial charge on any atom is -0.497 e. The number of hydrogen-bond acceptors (Lipinski definition) is 5. The number of aromatic amines is 1. The number of rotatable bonds is 12. The molecule has 0 saturated heterocycles. The maximum Gasteiger partial charge on any atom is 0.164 e. The lowest BCUT2D eigenvalue weighted by Gasteiger charge is -2.08. The van der Waals surface area contributed by atoms with Crippen molar-refractivity contribution in [2.24, 2.45) is 0 Å². The second kappa shape index (κ2) is 28.1. The largest absolute Gasteiger partial charge is 0.497 e. The van der Waals surface area contributed by atoms with E-state index in [-0.39, 0.29) is 12.4 Å². The van der Waals surface area contributed by atoms with Gasteiger partial charge in [-0.2, -0.15) is 0 Å². The number of methoxy groups -OCH3 is 3. The molecule has 0 atom stereocenters. The first-order valence-electron chi connectivity index (χ1n) is 14.6. The van der Waals surface area contributed by atoms with Crippen molar-refractivity contribution in [1.82, 2.24) is 10.3 Å². The van der Waals surface area contributed by atoms with Crippen LogP contribution in [0.1, 0.15) is 71.4 Å². The minimum absolute atomic E-state index is 0.122. The lowest BCUT2D eigenvalue weighted by Crippen LogP contribution is -2.17. The van der Waals surface area contributed by atoms with E-state index in [1.807, 2.05) is 53.0 Å². The van der Waals surface area contributed by atoms with Crippen LogP contribution in [0, 0.1) is 12.7 Å². The van der Waals surface area contributed by atoms with E-state index in [9.17, 15) is 4.39 Å². The van der Waals surface area contributed by atoms with E-state index in [4.69, 9.17) is 19.3 Å². The third-order valence-corrected chi connectivity index (χ3v) is 5.38. The molecule has 41 heavy (non-hydrogen) atoms. The van der Waals surface area contributed by atoms with E-state index >= 15 is 0 Å². The van der Waals surface area contributed by atoms with Crippen molar-refractivity contribution in [1.29, 1.82) is 0 Å². The average Bonchev–Trinajstić information content (AvgIpc) is 3.55. The Morgan fingerprint density at radius 3 is 2.02 bits per heavy atom. The predicted octanol–water partition coefficient (Wildman–Crippen LogP) is 8.50. The fourth-order valence-corrected chi connectivity index (χ4v) is 3.31. The standard InChI is InChI=1S/C14H24N2O.C9H12O3.C7H7F.2C2H6/c1-2-6-14(12-17)16-9-5-3-4-7-13-8-10-15-11-13;1-10-7-4-5-8(11-2)9(6-7)12-3;1-6-2-4-7(8)5-3-6;2*1-2/h6,8,10-11,15-17H,2-5,7,9,12H2,1H3;4-6H,1-3H3;2-5H,1H3;2*1-2H3/b14-6-;;;;. The van der Waals surface area contributed by atoms with E-state index in [1.165, 1.54) is 30.5 Å². The van der Waals surface area contributed by atoms with Crippen LogP contribution in [0.4, 0.5) is 4.39 Å². The monoisotopic (exact) mass is 574 g/mol. The summed E-state index contributed by atoms with van der Waals surface area (Å²) in [5.74, 6) is 1.97. The number of aliphatic hydroxyl groups is 1. The molecule has 0 bridgehead atoms. The van der Waals surface area contributed by atoms with Crippen molar-refractivity contribution in [3.8, 4) is 17.2 Å². The lowest BCUT2D eigenvalue weighted by atomic mass is 10.1. The zero-order valence-corrected chi connectivity index (χ0v) is 26.9. The number of unbranched alkanes of at least 4 members (excludes halogenated alkanes) is 2. The summed E-state index contributed by atoms with van der Waals surface area (Å²) in [6, 6.07) is 13.9. The van der Waals surface area contributed by atoms with Gasteiger partial charge < -0.3 is 29.6 Å². The zero-order chi connectivity index (χ0) is 31.3. The number of hydrogen-bond donors (Lipinski definition) is 3. The van der Waals surface area contributed by atoms with Crippen LogP contribution < -0.4 is 19.5 Å². The van der Waals surface area contributed by atoms with Gasteiger partial charge in [0.1, 0.15) is 11.6 Å². The van der Waals surface area contributed by atoms with Gasteiger partial charge in [0, 0.05) is 30.7 Å². The van der Waals surface area contributed by atoms with Gasteiger partial charge in [0.05, 0.1) is 27.9 Å². The third kappa shape index (κ3) is 20.1. The molecule has 1 aromatic heterocycles. The van der Waals surface area contributed by atoms with Crippen molar-refractivity contribution in [3.05, 3.63) is 89.6 Å². The highest BCUT2D eigenvalue weighted by Gasteiger charge is 2.03. The summed E-state index contributed by atoms with van der Waals surface area (Å²) in [6.07, 6.45) is 11.8. The number of nitrogens with one attached hydrogen (secondary N) is 2. The molecule has 0 radical (unpaired) electrons. The summed E-state index contributed by atoms with van der Waals surface area (Å²) < 4.78 is 27.2. The van der Waals surface area contributed by atoms with E-state index in [0.29, 0.717) is 11.5 Å². The van der Waals surface area contributed by atoms with E-state index in [0.717, 1.165) is 42.8 Å². The number of aromatic nitrogens is 1. The zero-order valence-electron chi connectivity index (χ0n) is 26.9. The maximum atomic E-state index is 12.1. The highest BCUT2D eigenvalue weighted by molar-refractivity contribution is 5.45. The van der Waals surface area contributed by atoms with Crippen LogP contribution in [-0.4, -0.2) is 44.6 Å². The molecule has 1 heterocycles. The summed E-state index contributed by atoms with van der Waals surface area (Å²) in [5.41, 5.74) is 3.43. The average molecular weight is 575 g/mol. The summed E-state index contributed by atoms with van der Waals surface area (Å²) in [7, 11) is 4.81. The van der Waals surface area contributed by atoms with Crippen molar-refractivity contribution in [2.45, 2.75) is 73.6 Å². The van der Waals surface area contributed by atoms with Gasteiger partial charge in [0.2, 0.25) is 0 Å². The number of H-pyrrole nitrogens is 1. The van der Waals surface area contributed by atoms with Crippen LogP contribution in [0.2, 0.25) is 0 Å². The van der Waals surface area contributed by atoms with E-state index < -0.39 is 0 Å². The Bertz CT molecular complexity index is 969. The number of aliphatic hydroxyl groups excluding tert-OH is 1. The summed E-state index contributed by atoms with van der Waals surface area (Å²) in [4.78, 5) is 3.07. The first kappa shape index (κ1) is 39.7. The molecule has 3 rings (SSSR count). The van der Waals surface area contributed by atoms with Gasteiger partial charge in [-0.3, -0.25) is 0 Å². The molecule has 3 aromatic rings. The first-order chi connectivity index (χ1) is 20.0. The molecule has 3 N–H and O–H groups in total. The summed E-state index contributed by atoms with van der Waals surface area (Å²) in [6.45, 7) is 13.1. The fourth-order valence-electron chi connectivity index (χ4n) is 3.31. The molecular formula is C34H55FN2O4. The molecule has 0 saturated carbocycles. The normalized spacial score (nSPS) is 9.68. The Morgan fingerprint density at radius 2 is 1.54 bits per heavy atom. The number of benzene rings is 2. The Balaban J connectivity index is 0. The molecule has 2 aromatic carbocycles. The van der Waals surface area contributed by atoms with Gasteiger partial charge >= 0.3 is 0 Å². The van der Waals surface area contributed by atoms with Crippen molar-refractivity contribution >= 4 is 0 Å². The highest BCUT2D eigenvalue weighted by Crippen LogP contribution is 2.30. The Kier molecular flexibility index (Phi) is 27.2. The van der Waals surface area contributed by atoms with Gasteiger partial charge in [-0.05, 0) is 68.5 Å². The van der Waals surface area contributed by atoms with Crippen LogP contribution >= 0.6 is 0 Å². The SMILES string of the molecule is CC.CC.CC/C=C(/CO)NCCCCCc1cc[nH]c1.COc1ccc(OC)c(OC)c1.Cc1ccc(F)cc1. The molecule has 0 aliphatic rings. The molecule has 6 nitrogen and oxygen atoms in total. The van der Waals surface area contributed by atoms with Gasteiger partial charge in [0.25, 0.3) is 0 Å². The quantitative estimate of drug-likeness (QED) is 0.189. The molecule has 0 spiro atoms. The van der Waals surface area contributed by atoms with Crippen molar-refractivity contribution in [2.75, 3.05) is 34.5 Å². The smallest absolute Gasteiger partial charge is 0.164 e. The molecule has 0 amide bonds. The second-order valence-corrected chi connectivity index (χ2v) is 8.27. The van der Waals surface area contributed by atoms with Crippen molar-refractivity contribution < 1.29 is 23.7 Å². The van der Waals surface area contributed by atoms with E-state index in [1.54, 1.807) is 45.6 Å². The Morgan fingerprint density at radius 1 is 0.878 bits per heavy atom. The Hall–Kier alpha value is -3.45. The van der Waals surface area contributed by atoms with Gasteiger partial charge in [0.15, 0.2) is 11.5 Å². The second-order valence-electron chi connectivity index (χ2n) is 8.27. The number of allylic oxidation sites excluding steroid dienone is 1. The Labute approximate surface area is 249 Å². The minimum atomic E-state index is -0.171. The van der Waals surface area contributed by atoms with Gasteiger partial charge in [-0.15, -0.1) is 0 Å². The predicted molar refractivity (Wildman–Crippen MR) is 172 cm³/mol. The van der Waals surface area contributed by atoms with Gasteiger partial charge in [-0.1, -0.05) is 64.8 Å². The number of halogens is 1. The van der Waals surface area contributed by atoms with Crippen molar-refractivity contribution in [3.63, 3.8) is 0 Å². The highest BCUT2D eigenvalue weighted by atomic mass is 19.1. The lowest BCUT2D eigenvalue weighted by molar-refractivity contribution is 0.320. The number of aryl methyl sites for hydroxylation is 2. The van der Waals surface area contributed by atoms with Gasteiger partial charge in [-0.25, -0.2) is 4.39 Å². The molecule has 0 aliphatic heterocycles. The summed E-state index contributed by atoms with van der Waals surface area (Å²) >= 11 is 0. The van der Waals surface area contributed by atoms with Crippen LogP contribution in [0.15, 0.2) is 72.7 Å². The number of ether oxygens (including phenoxy) is 3. The molecule has 0 fully saturated rings. The summed E-state index contributed by atoms with van der Waals surface area (Å²) in [5, 5.41) is 12.3. The molecule has 232 valence electrons. The van der Waals surface area contributed by atoms with Crippen LogP contribution in [-0.2, 0) is 6.42 Å². The van der Waals surface area contributed by atoms with Crippen LogP contribution in [0.25, 0.3) is 0 Å². The van der Waals surface area contributed by atoms with Crippen LogP contribution in [0.3, 0.4) is 0 Å². The van der Waals surface area contributed by atoms with E-state index in [2.05, 4.69) is 29.5 Å². The molecule has 0 aliphatic carbocycles. The maximum absolute atomic E-state index is 12.1. The topological polar surface area (TPSA) is 75.7 Å². The molecule has 0 unspecified atom stereocenters. The third-order valence-electron chi connectivity index (χ3n) is 5.38.